The van der Waals surface area contributed by atoms with Crippen LogP contribution >= 0.6 is 0 Å². The lowest BCUT2D eigenvalue weighted by atomic mass is 10.1. The predicted octanol–water partition coefficient (Wildman–Crippen LogP) is 1.84. The number of hydrogen-bond acceptors (Lipinski definition) is 4. The molecular weight excluding hydrogens is 260 g/mol. The summed E-state index contributed by atoms with van der Waals surface area (Å²) in [5.74, 6) is -0.0372. The van der Waals surface area contributed by atoms with Gasteiger partial charge in [-0.15, -0.1) is 0 Å². The van der Waals surface area contributed by atoms with E-state index in [-0.39, 0.29) is 18.4 Å². The highest BCUT2D eigenvalue weighted by Crippen LogP contribution is 2.30. The largest absolute Gasteiger partial charge is 0.444 e. The molecule has 2 amide bonds. The molecule has 1 saturated heterocycles. The highest BCUT2D eigenvalue weighted by atomic mass is 16.6. The van der Waals surface area contributed by atoms with Gasteiger partial charge in [-0.2, -0.15) is 0 Å². The average Bonchev–Trinajstić information content (AvgIpc) is 2.51. The van der Waals surface area contributed by atoms with Gasteiger partial charge in [0.25, 0.3) is 0 Å². The maximum absolute atomic E-state index is 12.3. The van der Waals surface area contributed by atoms with Gasteiger partial charge < -0.3 is 14.4 Å². The molecule has 116 valence electrons. The van der Waals surface area contributed by atoms with Crippen LogP contribution in [0.2, 0.25) is 0 Å². The van der Waals surface area contributed by atoms with Crippen LogP contribution in [0, 0.1) is 0 Å². The van der Waals surface area contributed by atoms with Crippen LogP contribution in [-0.2, 0) is 14.3 Å². The third-order valence-corrected chi connectivity index (χ3v) is 3.07. The van der Waals surface area contributed by atoms with E-state index in [2.05, 4.69) is 0 Å². The first kappa shape index (κ1) is 16.8. The molecule has 0 aliphatic carbocycles. The molecule has 0 unspecified atom stereocenters. The molecule has 20 heavy (non-hydrogen) atoms. The number of carbonyl (C=O) groups is 2. The standard InChI is InChI=1S/C14H26N2O4/c1-13(2,3)20-12(18)16-10(8-11(17)15(6)7)9-19-14(16,4)5/h10H,8-9H2,1-7H3/t10-/m1/s1. The number of nitrogens with zero attached hydrogens (tertiary/aromatic N) is 2. The van der Waals surface area contributed by atoms with Gasteiger partial charge in [-0.25, -0.2) is 4.79 Å². The van der Waals surface area contributed by atoms with Crippen LogP contribution in [0.3, 0.4) is 0 Å². The van der Waals surface area contributed by atoms with Gasteiger partial charge in [0.2, 0.25) is 5.91 Å². The van der Waals surface area contributed by atoms with Crippen LogP contribution in [0.5, 0.6) is 0 Å². The van der Waals surface area contributed by atoms with Gasteiger partial charge in [0, 0.05) is 20.5 Å². The maximum atomic E-state index is 12.3. The van der Waals surface area contributed by atoms with E-state index in [1.807, 2.05) is 20.8 Å². The molecule has 1 fully saturated rings. The Kier molecular flexibility index (Phi) is 4.69. The first-order valence-corrected chi connectivity index (χ1v) is 6.80. The summed E-state index contributed by atoms with van der Waals surface area (Å²) in [5.41, 5.74) is -1.34. The van der Waals surface area contributed by atoms with Gasteiger partial charge in [0.05, 0.1) is 12.6 Å². The maximum Gasteiger partial charge on any atom is 0.412 e. The van der Waals surface area contributed by atoms with Gasteiger partial charge in [0.15, 0.2) is 0 Å². The Hall–Kier alpha value is -1.30. The molecule has 0 saturated carbocycles. The molecule has 0 aromatic carbocycles. The summed E-state index contributed by atoms with van der Waals surface area (Å²) in [5, 5.41) is 0. The van der Waals surface area contributed by atoms with Crippen molar-refractivity contribution in [3.05, 3.63) is 0 Å². The van der Waals surface area contributed by atoms with Gasteiger partial charge in [-0.3, -0.25) is 9.69 Å². The Balaban J connectivity index is 2.85. The Labute approximate surface area is 121 Å². The van der Waals surface area contributed by atoms with Gasteiger partial charge >= 0.3 is 6.09 Å². The topological polar surface area (TPSA) is 59.1 Å². The van der Waals surface area contributed by atoms with Crippen LogP contribution in [-0.4, -0.2) is 59.9 Å². The molecule has 0 aromatic rings. The van der Waals surface area contributed by atoms with Crippen LogP contribution in [0.4, 0.5) is 4.79 Å². The lowest BCUT2D eigenvalue weighted by Gasteiger charge is -2.35. The molecule has 0 N–H and O–H groups in total. The zero-order valence-electron chi connectivity index (χ0n) is 13.5. The number of carbonyl (C=O) groups excluding carboxylic acids is 2. The smallest absolute Gasteiger partial charge is 0.412 e. The second-order valence-electron chi connectivity index (χ2n) is 6.75. The summed E-state index contributed by atoms with van der Waals surface area (Å²) in [6.07, 6.45) is -0.216. The molecule has 0 spiro atoms. The van der Waals surface area contributed by atoms with Crippen molar-refractivity contribution in [2.24, 2.45) is 0 Å². The summed E-state index contributed by atoms with van der Waals surface area (Å²) >= 11 is 0. The van der Waals surface area contributed by atoms with E-state index in [4.69, 9.17) is 9.47 Å². The van der Waals surface area contributed by atoms with E-state index >= 15 is 0 Å². The zero-order chi connectivity index (χ0) is 15.7. The third-order valence-electron chi connectivity index (χ3n) is 3.07. The van der Waals surface area contributed by atoms with Crippen LogP contribution < -0.4 is 0 Å². The average molecular weight is 286 g/mol. The van der Waals surface area contributed by atoms with Crippen molar-refractivity contribution in [3.8, 4) is 0 Å². The van der Waals surface area contributed by atoms with E-state index in [1.165, 1.54) is 9.80 Å². The van der Waals surface area contributed by atoms with E-state index < -0.39 is 17.4 Å². The number of amides is 2. The van der Waals surface area contributed by atoms with Crippen molar-refractivity contribution in [1.82, 2.24) is 9.80 Å². The molecule has 0 bridgehead atoms. The molecule has 6 heteroatoms. The third kappa shape index (κ3) is 4.10. The quantitative estimate of drug-likeness (QED) is 0.777. The fourth-order valence-corrected chi connectivity index (χ4v) is 2.10. The van der Waals surface area contributed by atoms with E-state index in [9.17, 15) is 9.59 Å². The molecule has 1 rings (SSSR count). The Morgan fingerprint density at radius 3 is 2.35 bits per heavy atom. The normalized spacial score (nSPS) is 21.8. The van der Waals surface area contributed by atoms with E-state index in [0.717, 1.165) is 0 Å². The van der Waals surface area contributed by atoms with Crippen LogP contribution in [0.1, 0.15) is 41.0 Å². The van der Waals surface area contributed by atoms with Gasteiger partial charge in [0.1, 0.15) is 11.3 Å². The van der Waals surface area contributed by atoms with Crippen molar-refractivity contribution in [1.29, 1.82) is 0 Å². The van der Waals surface area contributed by atoms with Crippen molar-refractivity contribution in [2.45, 2.75) is 58.4 Å². The molecule has 0 radical (unpaired) electrons. The van der Waals surface area contributed by atoms with Crippen molar-refractivity contribution < 1.29 is 19.1 Å². The first-order valence-electron chi connectivity index (χ1n) is 6.80. The Morgan fingerprint density at radius 1 is 1.35 bits per heavy atom. The Bertz CT molecular complexity index is 385. The molecule has 1 heterocycles. The lowest BCUT2D eigenvalue weighted by Crippen LogP contribution is -2.50. The molecule has 1 aliphatic heterocycles. The van der Waals surface area contributed by atoms with Crippen molar-refractivity contribution >= 4 is 12.0 Å². The minimum atomic E-state index is -0.764. The Morgan fingerprint density at radius 2 is 1.90 bits per heavy atom. The SMILES string of the molecule is CN(C)C(=O)C[C@@H]1COC(C)(C)N1C(=O)OC(C)(C)C. The number of ether oxygens (including phenoxy) is 2. The van der Waals surface area contributed by atoms with Crippen molar-refractivity contribution in [2.75, 3.05) is 20.7 Å². The van der Waals surface area contributed by atoms with Gasteiger partial charge in [-0.05, 0) is 34.6 Å². The molecular formula is C14H26N2O4. The summed E-state index contributed by atoms with van der Waals surface area (Å²) in [6.45, 7) is 9.39. The van der Waals surface area contributed by atoms with Crippen LogP contribution in [0.15, 0.2) is 0 Å². The molecule has 1 aliphatic rings. The molecule has 6 nitrogen and oxygen atoms in total. The fraction of sp³-hybridized carbons (Fsp3) is 0.857. The van der Waals surface area contributed by atoms with E-state index in [0.29, 0.717) is 6.61 Å². The summed E-state index contributed by atoms with van der Waals surface area (Å²) < 4.78 is 11.0. The monoisotopic (exact) mass is 286 g/mol. The molecule has 0 aromatic heterocycles. The minimum absolute atomic E-state index is 0.0372. The summed E-state index contributed by atoms with van der Waals surface area (Å²) in [7, 11) is 3.39. The predicted molar refractivity (Wildman–Crippen MR) is 75.2 cm³/mol. The zero-order valence-corrected chi connectivity index (χ0v) is 13.5. The molecule has 1 atom stereocenters. The van der Waals surface area contributed by atoms with E-state index in [1.54, 1.807) is 27.9 Å². The summed E-state index contributed by atoms with van der Waals surface area (Å²) in [6, 6.07) is -0.297. The number of hydrogen-bond donors (Lipinski definition) is 0. The summed E-state index contributed by atoms with van der Waals surface area (Å²) in [4.78, 5) is 27.2. The second kappa shape index (κ2) is 5.60. The lowest BCUT2D eigenvalue weighted by molar-refractivity contribution is -0.129. The first-order chi connectivity index (χ1) is 8.94. The fourth-order valence-electron chi connectivity index (χ4n) is 2.10. The second-order valence-corrected chi connectivity index (χ2v) is 6.75. The minimum Gasteiger partial charge on any atom is -0.444 e. The number of rotatable bonds is 2. The van der Waals surface area contributed by atoms with Crippen molar-refractivity contribution in [3.63, 3.8) is 0 Å². The van der Waals surface area contributed by atoms with Crippen LogP contribution in [0.25, 0.3) is 0 Å². The highest BCUT2D eigenvalue weighted by Gasteiger charge is 2.46. The highest BCUT2D eigenvalue weighted by molar-refractivity contribution is 5.77. The van der Waals surface area contributed by atoms with Gasteiger partial charge in [-0.1, -0.05) is 0 Å².